The maximum Gasteiger partial charge on any atom is 0.408 e. The second kappa shape index (κ2) is 12.6. The maximum atomic E-state index is 13.6. The topological polar surface area (TPSA) is 177 Å². The highest BCUT2D eigenvalue weighted by Crippen LogP contribution is 2.27. The minimum atomic E-state index is -1.43. The fourth-order valence-electron chi connectivity index (χ4n) is 3.13. The molecule has 0 fully saturated rings. The van der Waals surface area contributed by atoms with Gasteiger partial charge in [-0.05, 0) is 52.3 Å². The first-order valence-electron chi connectivity index (χ1n) is 10.9. The number of benzene rings is 1. The van der Waals surface area contributed by atoms with Gasteiger partial charge in [0.25, 0.3) is 0 Å². The Hall–Kier alpha value is -3.83. The highest BCUT2D eigenvalue weighted by Gasteiger charge is 2.38. The molecule has 0 radical (unpaired) electrons. The standard InChI is InChI=1S/C23H34N4O8/c1-13(2)27(21(32)16(11-17(24)29)26-22(33)35-23(3,4)5)19(14-7-9-15(28)10-8-14)20(31)25-12-18(30)34-6/h7-10,13,16,19,28H,11-12H2,1-6H3,(H2,24,29)(H,25,31)(H,26,33). The van der Waals surface area contributed by atoms with Crippen molar-refractivity contribution in [1.82, 2.24) is 15.5 Å². The molecule has 0 saturated carbocycles. The van der Waals surface area contributed by atoms with E-state index < -0.39 is 66.5 Å². The average Bonchev–Trinajstić information content (AvgIpc) is 2.73. The van der Waals surface area contributed by atoms with Crippen LogP contribution in [0.15, 0.2) is 24.3 Å². The molecule has 1 rings (SSSR count). The molecule has 1 aromatic rings. The molecule has 35 heavy (non-hydrogen) atoms. The van der Waals surface area contributed by atoms with E-state index in [0.717, 1.165) is 12.0 Å². The number of aromatic hydroxyl groups is 1. The van der Waals surface area contributed by atoms with E-state index in [1.54, 1.807) is 34.6 Å². The molecule has 0 aliphatic heterocycles. The van der Waals surface area contributed by atoms with Crippen LogP contribution in [0.25, 0.3) is 0 Å². The highest BCUT2D eigenvalue weighted by atomic mass is 16.6. The number of carbonyl (C=O) groups excluding carboxylic acids is 5. The Balaban J connectivity index is 3.43. The molecule has 5 N–H and O–H groups in total. The Morgan fingerprint density at radius 3 is 2.11 bits per heavy atom. The summed E-state index contributed by atoms with van der Waals surface area (Å²) in [5.41, 5.74) is 4.75. The lowest BCUT2D eigenvalue weighted by Gasteiger charge is -2.37. The van der Waals surface area contributed by atoms with Crippen LogP contribution in [0.1, 0.15) is 52.6 Å². The lowest BCUT2D eigenvalue weighted by atomic mass is 10.00. The summed E-state index contributed by atoms with van der Waals surface area (Å²) in [5, 5.41) is 14.4. The van der Waals surface area contributed by atoms with Gasteiger partial charge >= 0.3 is 12.1 Å². The molecular formula is C23H34N4O8. The third kappa shape index (κ3) is 9.51. The normalized spacial score (nSPS) is 12.8. The molecule has 0 spiro atoms. The first-order valence-corrected chi connectivity index (χ1v) is 10.9. The van der Waals surface area contributed by atoms with Crippen LogP contribution in [-0.2, 0) is 28.7 Å². The van der Waals surface area contributed by atoms with E-state index in [1.807, 2.05) is 0 Å². The van der Waals surface area contributed by atoms with Gasteiger partial charge in [0.1, 0.15) is 30.0 Å². The van der Waals surface area contributed by atoms with Crippen molar-refractivity contribution in [2.75, 3.05) is 13.7 Å². The number of methoxy groups -OCH3 is 1. The van der Waals surface area contributed by atoms with Crippen molar-refractivity contribution in [2.24, 2.45) is 5.73 Å². The van der Waals surface area contributed by atoms with Crippen molar-refractivity contribution < 1.29 is 38.6 Å². The van der Waals surface area contributed by atoms with E-state index in [4.69, 9.17) is 10.5 Å². The van der Waals surface area contributed by atoms with Crippen molar-refractivity contribution in [3.63, 3.8) is 0 Å². The highest BCUT2D eigenvalue weighted by molar-refractivity contribution is 5.95. The number of alkyl carbamates (subject to hydrolysis) is 1. The smallest absolute Gasteiger partial charge is 0.408 e. The van der Waals surface area contributed by atoms with Crippen LogP contribution in [-0.4, -0.2) is 71.1 Å². The van der Waals surface area contributed by atoms with Gasteiger partial charge in [0, 0.05) is 6.04 Å². The number of nitrogens with zero attached hydrogens (tertiary/aromatic N) is 1. The number of carbonyl (C=O) groups is 5. The third-order valence-electron chi connectivity index (χ3n) is 4.58. The Labute approximate surface area is 204 Å². The van der Waals surface area contributed by atoms with Crippen LogP contribution in [0.3, 0.4) is 0 Å². The average molecular weight is 495 g/mol. The van der Waals surface area contributed by atoms with Crippen molar-refractivity contribution in [2.45, 2.75) is 64.8 Å². The van der Waals surface area contributed by atoms with Gasteiger partial charge in [-0.1, -0.05) is 12.1 Å². The molecule has 4 amide bonds. The summed E-state index contributed by atoms with van der Waals surface area (Å²) in [5.74, 6) is -3.14. The third-order valence-corrected chi connectivity index (χ3v) is 4.58. The van der Waals surface area contributed by atoms with Gasteiger partial charge in [0.05, 0.1) is 13.5 Å². The molecular weight excluding hydrogens is 460 g/mol. The van der Waals surface area contributed by atoms with Crippen LogP contribution >= 0.6 is 0 Å². The predicted octanol–water partition coefficient (Wildman–Crippen LogP) is 0.728. The van der Waals surface area contributed by atoms with Crippen molar-refractivity contribution in [3.8, 4) is 5.75 Å². The number of rotatable bonds is 10. The molecule has 0 bridgehead atoms. The van der Waals surface area contributed by atoms with Crippen molar-refractivity contribution >= 4 is 29.8 Å². The molecule has 2 atom stereocenters. The summed E-state index contributed by atoms with van der Waals surface area (Å²) in [6.07, 6.45) is -1.50. The Kier molecular flexibility index (Phi) is 10.5. The zero-order valence-electron chi connectivity index (χ0n) is 20.8. The molecule has 0 heterocycles. The van der Waals surface area contributed by atoms with Gasteiger partial charge in [-0.2, -0.15) is 0 Å². The molecule has 0 aliphatic carbocycles. The largest absolute Gasteiger partial charge is 0.508 e. The Morgan fingerprint density at radius 2 is 1.66 bits per heavy atom. The summed E-state index contributed by atoms with van der Waals surface area (Å²) < 4.78 is 9.73. The molecule has 1 aromatic carbocycles. The minimum absolute atomic E-state index is 0.0666. The van der Waals surface area contributed by atoms with Crippen LogP contribution < -0.4 is 16.4 Å². The van der Waals surface area contributed by atoms with E-state index in [2.05, 4.69) is 15.4 Å². The van der Waals surface area contributed by atoms with E-state index in [1.165, 1.54) is 24.3 Å². The van der Waals surface area contributed by atoms with Gasteiger partial charge in [-0.3, -0.25) is 19.2 Å². The number of esters is 1. The van der Waals surface area contributed by atoms with Crippen LogP contribution in [0, 0.1) is 0 Å². The van der Waals surface area contributed by atoms with Gasteiger partial charge < -0.3 is 35.8 Å². The molecule has 194 valence electrons. The van der Waals surface area contributed by atoms with Gasteiger partial charge in [-0.15, -0.1) is 0 Å². The summed E-state index contributed by atoms with van der Waals surface area (Å²) in [6.45, 7) is 7.70. The number of primary amides is 1. The van der Waals surface area contributed by atoms with Crippen LogP contribution in [0.4, 0.5) is 4.79 Å². The molecule has 12 nitrogen and oxygen atoms in total. The molecule has 0 aliphatic rings. The summed E-state index contributed by atoms with van der Waals surface area (Å²) in [6, 6.07) is 2.20. The number of amides is 4. The molecule has 12 heteroatoms. The number of hydrogen-bond acceptors (Lipinski definition) is 8. The zero-order chi connectivity index (χ0) is 26.9. The summed E-state index contributed by atoms with van der Waals surface area (Å²) in [7, 11) is 1.16. The Bertz CT molecular complexity index is 924. The quantitative estimate of drug-likeness (QED) is 0.344. The van der Waals surface area contributed by atoms with Gasteiger partial charge in [-0.25, -0.2) is 4.79 Å². The number of hydrogen-bond donors (Lipinski definition) is 4. The van der Waals surface area contributed by atoms with Crippen molar-refractivity contribution in [3.05, 3.63) is 29.8 Å². The van der Waals surface area contributed by atoms with E-state index in [-0.39, 0.29) is 5.75 Å². The number of phenolic OH excluding ortho intramolecular Hbond substituents is 1. The van der Waals surface area contributed by atoms with Crippen molar-refractivity contribution in [1.29, 1.82) is 0 Å². The number of nitrogens with one attached hydrogen (secondary N) is 2. The second-order valence-electron chi connectivity index (χ2n) is 9.00. The van der Waals surface area contributed by atoms with E-state index in [0.29, 0.717) is 5.56 Å². The lowest BCUT2D eigenvalue weighted by molar-refractivity contribution is -0.146. The van der Waals surface area contributed by atoms with E-state index >= 15 is 0 Å². The summed E-state index contributed by atoms with van der Waals surface area (Å²) >= 11 is 0. The second-order valence-corrected chi connectivity index (χ2v) is 9.00. The summed E-state index contributed by atoms with van der Waals surface area (Å²) in [4.78, 5) is 63.6. The van der Waals surface area contributed by atoms with Crippen LogP contribution in [0.2, 0.25) is 0 Å². The van der Waals surface area contributed by atoms with Gasteiger partial charge in [0.2, 0.25) is 17.7 Å². The molecule has 0 aromatic heterocycles. The number of ether oxygens (including phenoxy) is 2. The Morgan fingerprint density at radius 1 is 1.09 bits per heavy atom. The molecule has 2 unspecified atom stereocenters. The molecule has 0 saturated heterocycles. The number of nitrogens with two attached hydrogens (primary N) is 1. The minimum Gasteiger partial charge on any atom is -0.508 e. The zero-order valence-corrected chi connectivity index (χ0v) is 20.8. The SMILES string of the molecule is COC(=O)CNC(=O)C(c1ccc(O)cc1)N(C(=O)C(CC(N)=O)NC(=O)OC(C)(C)C)C(C)C. The van der Waals surface area contributed by atoms with Gasteiger partial charge in [0.15, 0.2) is 0 Å². The first kappa shape index (κ1) is 29.2. The fraction of sp³-hybridized carbons (Fsp3) is 0.522. The maximum absolute atomic E-state index is 13.6. The van der Waals surface area contributed by atoms with Crippen LogP contribution in [0.5, 0.6) is 5.75 Å². The van der Waals surface area contributed by atoms with E-state index in [9.17, 15) is 29.1 Å². The fourth-order valence-corrected chi connectivity index (χ4v) is 3.13. The number of phenols is 1. The first-order chi connectivity index (χ1) is 16.2. The lowest BCUT2D eigenvalue weighted by Crippen LogP contribution is -2.56. The monoisotopic (exact) mass is 494 g/mol. The predicted molar refractivity (Wildman–Crippen MR) is 125 cm³/mol.